The van der Waals surface area contributed by atoms with E-state index in [1.54, 1.807) is 0 Å². The monoisotopic (exact) mass is 240 g/mol. The molecule has 1 rings (SSSR count). The van der Waals surface area contributed by atoms with Gasteiger partial charge >= 0.3 is 0 Å². The molecule has 3 heteroatoms. The van der Waals surface area contributed by atoms with Crippen molar-refractivity contribution in [3.05, 3.63) is 11.3 Å². The van der Waals surface area contributed by atoms with Crippen molar-refractivity contribution in [3.8, 4) is 0 Å². The van der Waals surface area contributed by atoms with E-state index < -0.39 is 0 Å². The number of hydrogen-bond donors (Lipinski definition) is 0. The zero-order valence-corrected chi connectivity index (χ0v) is 12.5. The van der Waals surface area contributed by atoms with Gasteiger partial charge in [-0.25, -0.2) is 0 Å². The SMILES string of the molecule is CC.CC1=C(C(C)C)CCN1C(=O)CN(C)C. The average molecular weight is 240 g/mol. The van der Waals surface area contributed by atoms with Crippen molar-refractivity contribution in [1.29, 1.82) is 0 Å². The number of hydrogen-bond acceptors (Lipinski definition) is 2. The van der Waals surface area contributed by atoms with Crippen LogP contribution in [-0.2, 0) is 4.79 Å². The smallest absolute Gasteiger partial charge is 0.240 e. The highest BCUT2D eigenvalue weighted by Gasteiger charge is 2.25. The molecule has 0 bridgehead atoms. The maximum absolute atomic E-state index is 11.9. The molecule has 100 valence electrons. The van der Waals surface area contributed by atoms with E-state index in [-0.39, 0.29) is 5.91 Å². The number of likely N-dealkylation sites (N-methyl/N-ethyl adjacent to an activating group) is 1. The molecule has 0 saturated carbocycles. The van der Waals surface area contributed by atoms with E-state index in [1.807, 2.05) is 37.7 Å². The minimum absolute atomic E-state index is 0.216. The summed E-state index contributed by atoms with van der Waals surface area (Å²) in [5.74, 6) is 0.773. The summed E-state index contributed by atoms with van der Waals surface area (Å²) >= 11 is 0. The summed E-state index contributed by atoms with van der Waals surface area (Å²) in [6, 6.07) is 0. The summed E-state index contributed by atoms with van der Waals surface area (Å²) < 4.78 is 0. The number of amides is 1. The van der Waals surface area contributed by atoms with Crippen LogP contribution in [-0.4, -0.2) is 42.9 Å². The standard InChI is InChI=1S/C12H22N2O.C2H6/c1-9(2)11-6-7-14(10(11)3)12(15)8-13(4)5;1-2/h9H,6-8H2,1-5H3;1-2H3. The Hall–Kier alpha value is -0.830. The number of allylic oxidation sites excluding steroid dienone is 1. The molecule has 0 atom stereocenters. The lowest BCUT2D eigenvalue weighted by Gasteiger charge is -2.20. The van der Waals surface area contributed by atoms with E-state index in [0.717, 1.165) is 13.0 Å². The molecular weight excluding hydrogens is 212 g/mol. The first-order valence-corrected chi connectivity index (χ1v) is 6.58. The van der Waals surface area contributed by atoms with E-state index in [2.05, 4.69) is 20.8 Å². The summed E-state index contributed by atoms with van der Waals surface area (Å²) in [4.78, 5) is 15.7. The third-order valence-corrected chi connectivity index (χ3v) is 2.92. The third-order valence-electron chi connectivity index (χ3n) is 2.92. The van der Waals surface area contributed by atoms with Crippen molar-refractivity contribution >= 4 is 5.91 Å². The minimum atomic E-state index is 0.216. The molecule has 0 N–H and O–H groups in total. The van der Waals surface area contributed by atoms with Gasteiger partial charge in [0.2, 0.25) is 5.91 Å². The Morgan fingerprint density at radius 1 is 1.35 bits per heavy atom. The second kappa shape index (κ2) is 7.49. The first-order valence-electron chi connectivity index (χ1n) is 6.58. The van der Waals surface area contributed by atoms with Gasteiger partial charge in [-0.2, -0.15) is 0 Å². The summed E-state index contributed by atoms with van der Waals surface area (Å²) in [5, 5.41) is 0. The van der Waals surface area contributed by atoms with Crippen LogP contribution in [0.2, 0.25) is 0 Å². The van der Waals surface area contributed by atoms with Crippen LogP contribution >= 0.6 is 0 Å². The lowest BCUT2D eigenvalue weighted by Crippen LogP contribution is -2.35. The molecule has 0 fully saturated rings. The van der Waals surface area contributed by atoms with Gasteiger partial charge < -0.3 is 9.80 Å². The highest BCUT2D eigenvalue weighted by atomic mass is 16.2. The average Bonchev–Trinajstić information content (AvgIpc) is 2.62. The maximum Gasteiger partial charge on any atom is 0.240 e. The topological polar surface area (TPSA) is 23.6 Å². The zero-order chi connectivity index (χ0) is 13.6. The Bertz CT molecular complexity index is 280. The summed E-state index contributed by atoms with van der Waals surface area (Å²) in [5.41, 5.74) is 2.61. The van der Waals surface area contributed by atoms with Gasteiger partial charge in [-0.15, -0.1) is 0 Å². The third kappa shape index (κ3) is 4.50. The maximum atomic E-state index is 11.9. The van der Waals surface area contributed by atoms with E-state index in [9.17, 15) is 4.79 Å². The fourth-order valence-corrected chi connectivity index (χ4v) is 2.13. The van der Waals surface area contributed by atoms with Gasteiger partial charge in [0.1, 0.15) is 0 Å². The van der Waals surface area contributed by atoms with Gasteiger partial charge in [-0.05, 0) is 38.9 Å². The van der Waals surface area contributed by atoms with Crippen molar-refractivity contribution in [2.45, 2.75) is 41.0 Å². The van der Waals surface area contributed by atoms with Gasteiger partial charge in [-0.3, -0.25) is 4.79 Å². The van der Waals surface area contributed by atoms with Crippen LogP contribution in [0.3, 0.4) is 0 Å². The lowest BCUT2D eigenvalue weighted by atomic mass is 10.0. The van der Waals surface area contributed by atoms with E-state index >= 15 is 0 Å². The zero-order valence-electron chi connectivity index (χ0n) is 12.5. The second-order valence-corrected chi connectivity index (χ2v) is 4.80. The van der Waals surface area contributed by atoms with Gasteiger partial charge in [0.25, 0.3) is 0 Å². The van der Waals surface area contributed by atoms with Crippen molar-refractivity contribution in [2.75, 3.05) is 27.2 Å². The molecule has 0 aromatic heterocycles. The summed E-state index contributed by atoms with van der Waals surface area (Å²) in [7, 11) is 3.85. The Labute approximate surface area is 106 Å². The van der Waals surface area contributed by atoms with Crippen molar-refractivity contribution in [1.82, 2.24) is 9.80 Å². The summed E-state index contributed by atoms with van der Waals surface area (Å²) in [6.07, 6.45) is 1.04. The second-order valence-electron chi connectivity index (χ2n) is 4.80. The first-order chi connectivity index (χ1) is 7.93. The highest BCUT2D eigenvalue weighted by molar-refractivity contribution is 5.80. The molecule has 0 unspecified atom stereocenters. The van der Waals surface area contributed by atoms with Gasteiger partial charge in [-0.1, -0.05) is 27.7 Å². The highest BCUT2D eigenvalue weighted by Crippen LogP contribution is 2.28. The Morgan fingerprint density at radius 2 is 1.88 bits per heavy atom. The van der Waals surface area contributed by atoms with Crippen molar-refractivity contribution in [2.24, 2.45) is 5.92 Å². The first kappa shape index (κ1) is 16.2. The van der Waals surface area contributed by atoms with Crippen LogP contribution in [0.1, 0.15) is 41.0 Å². The van der Waals surface area contributed by atoms with Crippen LogP contribution in [0, 0.1) is 5.92 Å². The van der Waals surface area contributed by atoms with Crippen LogP contribution in [0.15, 0.2) is 11.3 Å². The van der Waals surface area contributed by atoms with Gasteiger partial charge in [0, 0.05) is 12.2 Å². The van der Waals surface area contributed by atoms with E-state index in [4.69, 9.17) is 0 Å². The molecule has 0 aromatic carbocycles. The van der Waals surface area contributed by atoms with Gasteiger partial charge in [0.05, 0.1) is 6.54 Å². The minimum Gasteiger partial charge on any atom is -0.315 e. The fourth-order valence-electron chi connectivity index (χ4n) is 2.13. The normalized spacial score (nSPS) is 15.5. The molecule has 1 amide bonds. The summed E-state index contributed by atoms with van der Waals surface area (Å²) in [6.45, 7) is 11.8. The molecule has 0 aliphatic carbocycles. The molecule has 0 aromatic rings. The van der Waals surface area contributed by atoms with Crippen molar-refractivity contribution in [3.63, 3.8) is 0 Å². The number of carbonyl (C=O) groups excluding carboxylic acids is 1. The lowest BCUT2D eigenvalue weighted by molar-refractivity contribution is -0.129. The van der Waals surface area contributed by atoms with Crippen LogP contribution in [0.5, 0.6) is 0 Å². The molecule has 1 aliphatic rings. The largest absolute Gasteiger partial charge is 0.315 e. The predicted octanol–water partition coefficient (Wildman–Crippen LogP) is 2.74. The molecule has 0 radical (unpaired) electrons. The van der Waals surface area contributed by atoms with Crippen LogP contribution < -0.4 is 0 Å². The molecule has 0 spiro atoms. The van der Waals surface area contributed by atoms with Crippen LogP contribution in [0.4, 0.5) is 0 Å². The fraction of sp³-hybridized carbons (Fsp3) is 0.786. The molecule has 17 heavy (non-hydrogen) atoms. The Balaban J connectivity index is 0.00000121. The van der Waals surface area contributed by atoms with Gasteiger partial charge in [0.15, 0.2) is 0 Å². The number of rotatable bonds is 3. The van der Waals surface area contributed by atoms with Crippen molar-refractivity contribution < 1.29 is 4.79 Å². The molecule has 1 aliphatic heterocycles. The number of carbonyl (C=O) groups is 1. The molecule has 1 heterocycles. The Morgan fingerprint density at radius 3 is 2.24 bits per heavy atom. The quantitative estimate of drug-likeness (QED) is 0.757. The molecule has 0 saturated heterocycles. The molecule has 3 nitrogen and oxygen atoms in total. The Kier molecular flexibility index (Phi) is 7.12. The van der Waals surface area contributed by atoms with E-state index in [1.165, 1.54) is 11.3 Å². The van der Waals surface area contributed by atoms with E-state index in [0.29, 0.717) is 12.5 Å². The number of nitrogens with zero attached hydrogens (tertiary/aromatic N) is 2. The predicted molar refractivity (Wildman–Crippen MR) is 73.8 cm³/mol. The molecular formula is C14H28N2O. The van der Waals surface area contributed by atoms with Crippen LogP contribution in [0.25, 0.3) is 0 Å².